The molecule has 1 fully saturated rings. The van der Waals surface area contributed by atoms with Gasteiger partial charge in [0.2, 0.25) is 0 Å². The lowest BCUT2D eigenvalue weighted by Crippen LogP contribution is -2.49. The fourth-order valence-electron chi connectivity index (χ4n) is 2.15. The predicted octanol–water partition coefficient (Wildman–Crippen LogP) is 2.51. The fourth-order valence-corrected chi connectivity index (χ4v) is 2.49. The van der Waals surface area contributed by atoms with E-state index >= 15 is 0 Å². The van der Waals surface area contributed by atoms with Gasteiger partial charge in [-0.15, -0.1) is 11.6 Å². The smallest absolute Gasteiger partial charge is 0.257 e. The monoisotopic (exact) mass is 303 g/mol. The van der Waals surface area contributed by atoms with E-state index in [0.717, 1.165) is 0 Å². The van der Waals surface area contributed by atoms with E-state index in [4.69, 9.17) is 27.9 Å². The number of alkyl halides is 1. The third kappa shape index (κ3) is 3.32. The first-order valence-electron chi connectivity index (χ1n) is 6.00. The van der Waals surface area contributed by atoms with Crippen LogP contribution in [-0.4, -0.2) is 47.1 Å². The fraction of sp³-hybridized carbons (Fsp3) is 0.462. The number of rotatable bonds is 2. The summed E-state index contributed by atoms with van der Waals surface area (Å²) in [6, 6.07) is 4.46. The number of nitrogens with zero attached hydrogens (tertiary/aromatic N) is 1. The maximum atomic E-state index is 12.4. The molecule has 1 amide bonds. The van der Waals surface area contributed by atoms with Gasteiger partial charge in [-0.1, -0.05) is 11.6 Å². The van der Waals surface area contributed by atoms with Crippen molar-refractivity contribution in [2.75, 3.05) is 19.0 Å². The summed E-state index contributed by atoms with van der Waals surface area (Å²) in [4.78, 5) is 14.0. The van der Waals surface area contributed by atoms with Crippen LogP contribution in [-0.2, 0) is 4.74 Å². The number of amides is 1. The molecule has 1 N–H and O–H groups in total. The van der Waals surface area contributed by atoms with Crippen LogP contribution in [0.5, 0.6) is 5.75 Å². The van der Waals surface area contributed by atoms with Gasteiger partial charge in [-0.2, -0.15) is 0 Å². The van der Waals surface area contributed by atoms with Gasteiger partial charge in [0.05, 0.1) is 23.7 Å². The van der Waals surface area contributed by atoms with Gasteiger partial charge in [-0.05, 0) is 25.1 Å². The number of aromatic hydroxyl groups is 1. The van der Waals surface area contributed by atoms with E-state index < -0.39 is 0 Å². The van der Waals surface area contributed by atoms with E-state index in [-0.39, 0.29) is 29.4 Å². The molecule has 104 valence electrons. The number of carbonyl (C=O) groups is 1. The maximum absolute atomic E-state index is 12.4. The normalized spacial score (nSPS) is 23.4. The van der Waals surface area contributed by atoms with Crippen molar-refractivity contribution in [3.63, 3.8) is 0 Å². The maximum Gasteiger partial charge on any atom is 0.257 e. The molecule has 1 heterocycles. The van der Waals surface area contributed by atoms with Crippen LogP contribution in [0, 0.1) is 0 Å². The predicted molar refractivity (Wildman–Crippen MR) is 74.1 cm³/mol. The van der Waals surface area contributed by atoms with E-state index in [1.807, 2.05) is 6.92 Å². The van der Waals surface area contributed by atoms with E-state index in [1.165, 1.54) is 12.1 Å². The van der Waals surface area contributed by atoms with E-state index in [1.54, 1.807) is 11.0 Å². The minimum absolute atomic E-state index is 0.0732. The second kappa shape index (κ2) is 5.99. The highest BCUT2D eigenvalue weighted by Gasteiger charge is 2.29. The second-order valence-corrected chi connectivity index (χ2v) is 5.34. The number of ether oxygens (including phenoxy) is 1. The zero-order chi connectivity index (χ0) is 14.0. The van der Waals surface area contributed by atoms with E-state index in [9.17, 15) is 9.90 Å². The molecule has 0 bridgehead atoms. The molecule has 4 nitrogen and oxygen atoms in total. The minimum Gasteiger partial charge on any atom is -0.507 e. The van der Waals surface area contributed by atoms with Crippen molar-refractivity contribution in [1.29, 1.82) is 0 Å². The molecule has 0 aromatic heterocycles. The van der Waals surface area contributed by atoms with Gasteiger partial charge in [0, 0.05) is 18.1 Å². The highest BCUT2D eigenvalue weighted by Crippen LogP contribution is 2.24. The third-order valence-electron chi connectivity index (χ3n) is 2.98. The number of phenolic OH excluding ortho intramolecular Hbond substituents is 1. The SMILES string of the molecule is CC1CN(C(=O)c2ccc(Cl)cc2O)CC(CCl)O1. The van der Waals surface area contributed by atoms with Crippen LogP contribution in [0.25, 0.3) is 0 Å². The number of benzene rings is 1. The van der Waals surface area contributed by atoms with Crippen molar-refractivity contribution in [3.8, 4) is 5.75 Å². The van der Waals surface area contributed by atoms with Crippen molar-refractivity contribution in [3.05, 3.63) is 28.8 Å². The molecule has 1 aliphatic rings. The Balaban J connectivity index is 2.18. The molecule has 0 aliphatic carbocycles. The summed E-state index contributed by atoms with van der Waals surface area (Å²) in [5, 5.41) is 10.2. The summed E-state index contributed by atoms with van der Waals surface area (Å²) >= 11 is 11.5. The zero-order valence-corrected chi connectivity index (χ0v) is 12.0. The van der Waals surface area contributed by atoms with Crippen LogP contribution in [0.15, 0.2) is 18.2 Å². The van der Waals surface area contributed by atoms with Crippen LogP contribution in [0.3, 0.4) is 0 Å². The van der Waals surface area contributed by atoms with Gasteiger partial charge in [-0.3, -0.25) is 4.79 Å². The lowest BCUT2D eigenvalue weighted by atomic mass is 10.1. The summed E-state index contributed by atoms with van der Waals surface area (Å²) in [5.41, 5.74) is 0.242. The summed E-state index contributed by atoms with van der Waals surface area (Å²) in [5.74, 6) is -0.0146. The number of phenols is 1. The van der Waals surface area contributed by atoms with Crippen LogP contribution < -0.4 is 0 Å². The first-order chi connectivity index (χ1) is 9.01. The van der Waals surface area contributed by atoms with Crippen molar-refractivity contribution >= 4 is 29.1 Å². The molecule has 2 atom stereocenters. The first-order valence-corrected chi connectivity index (χ1v) is 6.91. The highest BCUT2D eigenvalue weighted by molar-refractivity contribution is 6.30. The average Bonchev–Trinajstić information content (AvgIpc) is 2.37. The molecular formula is C13H15Cl2NO3. The Labute approximate surface area is 121 Å². The Morgan fingerprint density at radius 3 is 2.89 bits per heavy atom. The molecule has 2 unspecified atom stereocenters. The zero-order valence-electron chi connectivity index (χ0n) is 10.5. The Morgan fingerprint density at radius 2 is 2.26 bits per heavy atom. The van der Waals surface area contributed by atoms with Crippen LogP contribution in [0.4, 0.5) is 0 Å². The van der Waals surface area contributed by atoms with Gasteiger partial charge in [0.15, 0.2) is 0 Å². The van der Waals surface area contributed by atoms with Gasteiger partial charge < -0.3 is 14.7 Å². The molecule has 1 saturated heterocycles. The first kappa shape index (κ1) is 14.4. The number of hydrogen-bond acceptors (Lipinski definition) is 3. The number of morpholine rings is 1. The summed E-state index contributed by atoms with van der Waals surface area (Å²) in [7, 11) is 0. The Morgan fingerprint density at radius 1 is 1.53 bits per heavy atom. The van der Waals surface area contributed by atoms with Gasteiger partial charge in [0.1, 0.15) is 5.75 Å². The Hall–Kier alpha value is -0.970. The van der Waals surface area contributed by atoms with E-state index in [0.29, 0.717) is 24.0 Å². The van der Waals surface area contributed by atoms with Gasteiger partial charge in [0.25, 0.3) is 5.91 Å². The number of hydrogen-bond donors (Lipinski definition) is 1. The topological polar surface area (TPSA) is 49.8 Å². The molecule has 1 aliphatic heterocycles. The van der Waals surface area contributed by atoms with Crippen molar-refractivity contribution < 1.29 is 14.6 Å². The van der Waals surface area contributed by atoms with Crippen molar-refractivity contribution in [2.24, 2.45) is 0 Å². The van der Waals surface area contributed by atoms with Gasteiger partial charge >= 0.3 is 0 Å². The highest BCUT2D eigenvalue weighted by atomic mass is 35.5. The number of carbonyl (C=O) groups excluding carboxylic acids is 1. The molecule has 19 heavy (non-hydrogen) atoms. The van der Waals surface area contributed by atoms with Crippen LogP contribution >= 0.6 is 23.2 Å². The van der Waals surface area contributed by atoms with E-state index in [2.05, 4.69) is 0 Å². The Bertz CT molecular complexity index is 481. The molecule has 2 rings (SSSR count). The number of halogens is 2. The molecular weight excluding hydrogens is 289 g/mol. The summed E-state index contributed by atoms with van der Waals surface area (Å²) in [6.07, 6.45) is -0.250. The van der Waals surface area contributed by atoms with Gasteiger partial charge in [-0.25, -0.2) is 0 Å². The standard InChI is InChI=1S/C13H15Cl2NO3/c1-8-6-16(7-10(5-14)19-8)13(18)11-3-2-9(15)4-12(11)17/h2-4,8,10,17H,5-7H2,1H3. The molecule has 0 radical (unpaired) electrons. The average molecular weight is 304 g/mol. The Kier molecular flexibility index (Phi) is 4.55. The van der Waals surface area contributed by atoms with Crippen molar-refractivity contribution in [1.82, 2.24) is 4.90 Å². The van der Waals surface area contributed by atoms with Crippen LogP contribution in [0.2, 0.25) is 5.02 Å². The minimum atomic E-state index is -0.237. The molecule has 0 spiro atoms. The quantitative estimate of drug-likeness (QED) is 0.854. The molecule has 1 aromatic carbocycles. The summed E-state index contributed by atoms with van der Waals surface area (Å²) < 4.78 is 5.59. The largest absolute Gasteiger partial charge is 0.507 e. The van der Waals surface area contributed by atoms with Crippen molar-refractivity contribution in [2.45, 2.75) is 19.1 Å². The van der Waals surface area contributed by atoms with Crippen LogP contribution in [0.1, 0.15) is 17.3 Å². The third-order valence-corrected chi connectivity index (χ3v) is 3.56. The molecule has 0 saturated carbocycles. The lowest BCUT2D eigenvalue weighted by Gasteiger charge is -2.36. The summed E-state index contributed by atoms with van der Waals surface area (Å²) in [6.45, 7) is 2.80. The lowest BCUT2D eigenvalue weighted by molar-refractivity contribution is -0.0571. The molecule has 6 heteroatoms. The second-order valence-electron chi connectivity index (χ2n) is 4.59. The molecule has 1 aromatic rings.